The molecule has 11 nitrogen and oxygen atoms in total. The quantitative estimate of drug-likeness (QED) is 0.0938. The van der Waals surface area contributed by atoms with Gasteiger partial charge in [0.05, 0.1) is 25.7 Å². The first-order valence-electron chi connectivity index (χ1n) is 15.5. The number of rotatable bonds is 16. The number of carbonyl (C=O) groups excluding carboxylic acids is 2. The first kappa shape index (κ1) is 38.7. The summed E-state index contributed by atoms with van der Waals surface area (Å²) in [5, 5.41) is 25.5. The Bertz CT molecular complexity index is 1640. The summed E-state index contributed by atoms with van der Waals surface area (Å²) < 4.78 is 37.5. The third-order valence-corrected chi connectivity index (χ3v) is 6.96. The summed E-state index contributed by atoms with van der Waals surface area (Å²) in [6.45, 7) is 0.713. The van der Waals surface area contributed by atoms with E-state index in [4.69, 9.17) is 14.6 Å². The van der Waals surface area contributed by atoms with E-state index in [0.29, 0.717) is 18.5 Å². The van der Waals surface area contributed by atoms with E-state index in [-0.39, 0.29) is 32.0 Å². The van der Waals surface area contributed by atoms with Crippen LogP contribution in [0.25, 0.3) is 11.1 Å². The van der Waals surface area contributed by atoms with Gasteiger partial charge in [-0.05, 0) is 40.8 Å². The average Bonchev–Trinajstić information content (AvgIpc) is 3.10. The van der Waals surface area contributed by atoms with E-state index >= 15 is 0 Å². The topological polar surface area (TPSA) is 167 Å². The van der Waals surface area contributed by atoms with E-state index in [0.717, 1.165) is 22.5 Å². The SMILES string of the molecule is O=C(O)C(F)(F)F.O=C(O)CC(NC(=O)[C@H](COCc1ccccc1)NC(=O)CCCNc1ccccn1)c1ccc(-c2ccccc2)cc1. The minimum Gasteiger partial charge on any atom is -0.481 e. The molecule has 1 aromatic heterocycles. The molecule has 0 saturated carbocycles. The number of carbonyl (C=O) groups is 4. The van der Waals surface area contributed by atoms with Crippen molar-refractivity contribution in [1.29, 1.82) is 0 Å². The van der Waals surface area contributed by atoms with Crippen molar-refractivity contribution in [1.82, 2.24) is 15.6 Å². The molecule has 50 heavy (non-hydrogen) atoms. The smallest absolute Gasteiger partial charge is 0.481 e. The second kappa shape index (κ2) is 19.9. The van der Waals surface area contributed by atoms with Crippen molar-refractivity contribution >= 4 is 29.6 Å². The Kier molecular flexibility index (Phi) is 15.4. The van der Waals surface area contributed by atoms with Crippen LogP contribution in [0.1, 0.15) is 36.4 Å². The van der Waals surface area contributed by atoms with Crippen LogP contribution in [0.3, 0.4) is 0 Å². The molecular formula is C36H37F3N4O7. The minimum atomic E-state index is -5.08. The lowest BCUT2D eigenvalue weighted by Gasteiger charge is -2.23. The number of ether oxygens (including phenoxy) is 1. The number of hydrogen-bond acceptors (Lipinski definition) is 7. The number of alkyl halides is 3. The second-order valence-corrected chi connectivity index (χ2v) is 10.8. The molecule has 2 amide bonds. The number of hydrogen-bond donors (Lipinski definition) is 5. The zero-order valence-corrected chi connectivity index (χ0v) is 26.8. The molecule has 4 rings (SSSR count). The summed E-state index contributed by atoms with van der Waals surface area (Å²) in [4.78, 5) is 51.1. The molecule has 264 valence electrons. The lowest BCUT2D eigenvalue weighted by molar-refractivity contribution is -0.192. The molecule has 2 atom stereocenters. The van der Waals surface area contributed by atoms with Gasteiger partial charge in [-0.3, -0.25) is 14.4 Å². The van der Waals surface area contributed by atoms with Crippen molar-refractivity contribution in [3.63, 3.8) is 0 Å². The molecule has 0 aliphatic rings. The Morgan fingerprint density at radius 3 is 1.96 bits per heavy atom. The summed E-state index contributed by atoms with van der Waals surface area (Å²) in [5.41, 5.74) is 3.57. The molecular weight excluding hydrogens is 657 g/mol. The minimum absolute atomic E-state index is 0.0780. The molecule has 0 aliphatic carbocycles. The fraction of sp³-hybridized carbons (Fsp3) is 0.250. The maximum Gasteiger partial charge on any atom is 0.490 e. The van der Waals surface area contributed by atoms with Gasteiger partial charge in [-0.2, -0.15) is 13.2 Å². The van der Waals surface area contributed by atoms with Crippen LogP contribution < -0.4 is 16.0 Å². The summed E-state index contributed by atoms with van der Waals surface area (Å²) >= 11 is 0. The Labute approximate surface area is 286 Å². The fourth-order valence-electron chi connectivity index (χ4n) is 4.49. The summed E-state index contributed by atoms with van der Waals surface area (Å²) in [6.07, 6.45) is -3.01. The Hall–Kier alpha value is -5.76. The summed E-state index contributed by atoms with van der Waals surface area (Å²) in [7, 11) is 0. The molecule has 14 heteroatoms. The highest BCUT2D eigenvalue weighted by atomic mass is 19.4. The van der Waals surface area contributed by atoms with Crippen molar-refractivity contribution in [3.8, 4) is 11.1 Å². The van der Waals surface area contributed by atoms with Gasteiger partial charge in [-0.25, -0.2) is 9.78 Å². The Morgan fingerprint density at radius 1 is 0.780 bits per heavy atom. The number of nitrogens with zero attached hydrogens (tertiary/aromatic N) is 1. The maximum atomic E-state index is 13.5. The highest BCUT2D eigenvalue weighted by Crippen LogP contribution is 2.24. The Balaban J connectivity index is 0.000000872. The van der Waals surface area contributed by atoms with E-state index in [1.165, 1.54) is 0 Å². The van der Waals surface area contributed by atoms with E-state index in [9.17, 15) is 32.7 Å². The van der Waals surface area contributed by atoms with E-state index in [2.05, 4.69) is 20.9 Å². The number of carboxylic acid groups (broad SMARTS) is 2. The van der Waals surface area contributed by atoms with Crippen molar-refractivity contribution < 1.29 is 47.3 Å². The molecule has 1 unspecified atom stereocenters. The monoisotopic (exact) mass is 694 g/mol. The number of benzene rings is 3. The molecule has 0 aliphatic heterocycles. The van der Waals surface area contributed by atoms with Gasteiger partial charge in [0.15, 0.2) is 0 Å². The van der Waals surface area contributed by atoms with Crippen LogP contribution in [-0.2, 0) is 30.5 Å². The maximum absolute atomic E-state index is 13.5. The molecule has 3 aromatic carbocycles. The third kappa shape index (κ3) is 14.2. The Morgan fingerprint density at radius 2 is 1.38 bits per heavy atom. The number of pyridine rings is 1. The molecule has 0 radical (unpaired) electrons. The van der Waals surface area contributed by atoms with Crippen LogP contribution in [0.2, 0.25) is 0 Å². The van der Waals surface area contributed by atoms with Crippen LogP contribution in [-0.4, -0.2) is 64.3 Å². The van der Waals surface area contributed by atoms with Gasteiger partial charge in [-0.15, -0.1) is 0 Å². The lowest BCUT2D eigenvalue weighted by atomic mass is 9.99. The van der Waals surface area contributed by atoms with Gasteiger partial charge in [0.2, 0.25) is 11.8 Å². The molecule has 0 bridgehead atoms. The van der Waals surface area contributed by atoms with Crippen molar-refractivity contribution in [2.75, 3.05) is 18.5 Å². The zero-order valence-electron chi connectivity index (χ0n) is 26.8. The number of aliphatic carboxylic acids is 2. The highest BCUT2D eigenvalue weighted by Gasteiger charge is 2.38. The predicted molar refractivity (Wildman–Crippen MR) is 179 cm³/mol. The molecule has 4 aromatic rings. The van der Waals surface area contributed by atoms with Crippen LogP contribution in [0.4, 0.5) is 19.0 Å². The number of nitrogens with one attached hydrogen (secondary N) is 3. The first-order chi connectivity index (χ1) is 23.9. The molecule has 0 saturated heterocycles. The number of aromatic nitrogens is 1. The third-order valence-electron chi connectivity index (χ3n) is 6.96. The largest absolute Gasteiger partial charge is 0.490 e. The lowest BCUT2D eigenvalue weighted by Crippen LogP contribution is -2.50. The normalized spacial score (nSPS) is 12.0. The number of carboxylic acids is 2. The van der Waals surface area contributed by atoms with Crippen molar-refractivity contribution in [2.45, 2.75) is 44.1 Å². The van der Waals surface area contributed by atoms with Crippen molar-refractivity contribution in [3.05, 3.63) is 120 Å². The van der Waals surface area contributed by atoms with E-state index < -0.39 is 36.1 Å². The van der Waals surface area contributed by atoms with Crippen LogP contribution in [0.15, 0.2) is 109 Å². The number of amides is 2. The molecule has 0 fully saturated rings. The van der Waals surface area contributed by atoms with Gasteiger partial charge in [0.1, 0.15) is 11.9 Å². The molecule has 1 heterocycles. The first-order valence-corrected chi connectivity index (χ1v) is 15.5. The standard InChI is InChI=1S/C34H36N4O5.C2HF3O2/c39-32(15-9-21-36-31-14-7-8-20-35-31)37-30(24-43-23-25-10-3-1-4-11-25)34(42)38-29(22-33(40)41)28-18-16-27(17-19-28)26-12-5-2-6-13-26;3-2(4,5)1(6)7/h1-8,10-14,16-20,29-30H,9,15,21-24H2,(H,35,36)(H,37,39)(H,38,42)(H,40,41);(H,6,7)/t29?,30-;/m0./s1. The van der Waals surface area contributed by atoms with Crippen molar-refractivity contribution in [2.24, 2.45) is 0 Å². The van der Waals surface area contributed by atoms with Gasteiger partial charge < -0.3 is 30.9 Å². The fourth-order valence-corrected chi connectivity index (χ4v) is 4.49. The van der Waals surface area contributed by atoms with Gasteiger partial charge in [0, 0.05) is 19.2 Å². The molecule has 5 N–H and O–H groups in total. The van der Waals surface area contributed by atoms with E-state index in [1.807, 2.05) is 103 Å². The molecule has 0 spiro atoms. The van der Waals surface area contributed by atoms with Gasteiger partial charge in [-0.1, -0.05) is 91.0 Å². The highest BCUT2D eigenvalue weighted by molar-refractivity contribution is 5.88. The average molecular weight is 695 g/mol. The zero-order chi connectivity index (χ0) is 36.4. The summed E-state index contributed by atoms with van der Waals surface area (Å²) in [6, 6.07) is 30.4. The van der Waals surface area contributed by atoms with Crippen LogP contribution in [0, 0.1) is 0 Å². The number of anilines is 1. The number of halogens is 3. The van der Waals surface area contributed by atoms with Crippen LogP contribution >= 0.6 is 0 Å². The van der Waals surface area contributed by atoms with E-state index in [1.54, 1.807) is 6.20 Å². The summed E-state index contributed by atoms with van der Waals surface area (Å²) in [5.74, 6) is -3.93. The van der Waals surface area contributed by atoms with Crippen LogP contribution in [0.5, 0.6) is 0 Å². The van der Waals surface area contributed by atoms with Gasteiger partial charge >= 0.3 is 18.1 Å². The second-order valence-electron chi connectivity index (χ2n) is 10.8. The predicted octanol–water partition coefficient (Wildman–Crippen LogP) is 5.61. The van der Waals surface area contributed by atoms with Gasteiger partial charge in [0.25, 0.3) is 0 Å².